The third-order valence-electron chi connectivity index (χ3n) is 4.08. The molecule has 4 nitrogen and oxygen atoms in total. The van der Waals surface area contributed by atoms with E-state index in [4.69, 9.17) is 5.73 Å². The Bertz CT molecular complexity index is 546. The number of hydrogen-bond donors (Lipinski definition) is 3. The molecule has 0 aliphatic carbocycles. The molecule has 1 saturated heterocycles. The molecule has 2 atom stereocenters. The second-order valence-corrected chi connectivity index (χ2v) is 5.20. The quantitative estimate of drug-likeness (QED) is 0.755. The number of nitrogens with two attached hydrogens (primary N) is 1. The van der Waals surface area contributed by atoms with Crippen LogP contribution in [-0.2, 0) is 0 Å². The predicted octanol–water partition coefficient (Wildman–Crippen LogP) is 1.87. The maximum atomic E-state index is 5.94. The van der Waals surface area contributed by atoms with Crippen LogP contribution >= 0.6 is 0 Å². The Morgan fingerprint density at radius 1 is 1.44 bits per heavy atom. The van der Waals surface area contributed by atoms with Crippen LogP contribution in [-0.4, -0.2) is 23.3 Å². The van der Waals surface area contributed by atoms with Crippen molar-refractivity contribution in [2.45, 2.75) is 25.8 Å². The number of H-pyrrole nitrogens is 1. The van der Waals surface area contributed by atoms with Gasteiger partial charge in [-0.3, -0.25) is 5.10 Å². The van der Waals surface area contributed by atoms with Crippen LogP contribution in [0, 0.1) is 12.8 Å². The number of rotatable bonds is 2. The van der Waals surface area contributed by atoms with Gasteiger partial charge in [-0.15, -0.1) is 0 Å². The number of aromatic nitrogens is 2. The minimum atomic E-state index is 0.366. The zero-order valence-corrected chi connectivity index (χ0v) is 10.7. The van der Waals surface area contributed by atoms with Gasteiger partial charge in [0.2, 0.25) is 0 Å². The number of aromatic amines is 1. The average Bonchev–Trinajstić information content (AvgIpc) is 2.87. The zero-order valence-electron chi connectivity index (χ0n) is 10.7. The molecule has 0 amide bonds. The van der Waals surface area contributed by atoms with E-state index in [-0.39, 0.29) is 0 Å². The average molecular weight is 244 g/mol. The van der Waals surface area contributed by atoms with Crippen molar-refractivity contribution in [2.24, 2.45) is 11.7 Å². The maximum absolute atomic E-state index is 5.94. The first-order valence-electron chi connectivity index (χ1n) is 6.67. The van der Waals surface area contributed by atoms with Crippen LogP contribution in [0.4, 0.5) is 0 Å². The van der Waals surface area contributed by atoms with Crippen LogP contribution in [0.1, 0.15) is 30.0 Å². The molecular formula is C14H20N4. The highest BCUT2D eigenvalue weighted by Crippen LogP contribution is 2.34. The third-order valence-corrected chi connectivity index (χ3v) is 4.08. The van der Waals surface area contributed by atoms with Gasteiger partial charge in [0.25, 0.3) is 0 Å². The molecule has 0 radical (unpaired) electrons. The van der Waals surface area contributed by atoms with Gasteiger partial charge in [0.1, 0.15) is 0 Å². The van der Waals surface area contributed by atoms with Crippen molar-refractivity contribution >= 4 is 10.9 Å². The summed E-state index contributed by atoms with van der Waals surface area (Å²) in [5.41, 5.74) is 9.74. The molecule has 1 aromatic heterocycles. The van der Waals surface area contributed by atoms with E-state index in [2.05, 4.69) is 34.6 Å². The fourth-order valence-corrected chi connectivity index (χ4v) is 3.11. The smallest absolute Gasteiger partial charge is 0.0653 e. The molecule has 1 aliphatic heterocycles. The maximum Gasteiger partial charge on any atom is 0.0653 e. The van der Waals surface area contributed by atoms with Crippen molar-refractivity contribution < 1.29 is 0 Å². The summed E-state index contributed by atoms with van der Waals surface area (Å²) in [6, 6.07) is 4.63. The Morgan fingerprint density at radius 2 is 2.33 bits per heavy atom. The first-order chi connectivity index (χ1) is 8.81. The van der Waals surface area contributed by atoms with Gasteiger partial charge in [0, 0.05) is 11.4 Å². The van der Waals surface area contributed by atoms with Crippen LogP contribution in [0.3, 0.4) is 0 Å². The molecule has 96 valence electrons. The van der Waals surface area contributed by atoms with Crippen molar-refractivity contribution in [3.63, 3.8) is 0 Å². The topological polar surface area (TPSA) is 66.7 Å². The highest BCUT2D eigenvalue weighted by molar-refractivity contribution is 5.83. The van der Waals surface area contributed by atoms with Crippen LogP contribution in [0.5, 0.6) is 0 Å². The summed E-state index contributed by atoms with van der Waals surface area (Å²) in [6.45, 7) is 3.99. The molecular weight excluding hydrogens is 224 g/mol. The molecule has 0 spiro atoms. The van der Waals surface area contributed by atoms with Crippen LogP contribution < -0.4 is 11.1 Å². The minimum absolute atomic E-state index is 0.366. The molecule has 0 bridgehead atoms. The fourth-order valence-electron chi connectivity index (χ4n) is 3.11. The summed E-state index contributed by atoms with van der Waals surface area (Å²) in [5.74, 6) is 0.526. The summed E-state index contributed by atoms with van der Waals surface area (Å²) in [7, 11) is 0. The molecule has 0 saturated carbocycles. The minimum Gasteiger partial charge on any atom is -0.330 e. The largest absolute Gasteiger partial charge is 0.330 e. The Balaban J connectivity index is 2.11. The molecule has 2 aromatic rings. The van der Waals surface area contributed by atoms with E-state index in [1.807, 2.05) is 6.20 Å². The summed E-state index contributed by atoms with van der Waals surface area (Å²) < 4.78 is 0. The van der Waals surface area contributed by atoms with E-state index in [9.17, 15) is 0 Å². The molecule has 4 N–H and O–H groups in total. The van der Waals surface area contributed by atoms with Crippen molar-refractivity contribution in [1.29, 1.82) is 0 Å². The second kappa shape index (κ2) is 4.71. The first-order valence-corrected chi connectivity index (χ1v) is 6.67. The highest BCUT2D eigenvalue weighted by atomic mass is 15.1. The highest BCUT2D eigenvalue weighted by Gasteiger charge is 2.27. The molecule has 1 aliphatic rings. The fraction of sp³-hybridized carbons (Fsp3) is 0.500. The number of aryl methyl sites for hydroxylation is 1. The molecule has 1 aromatic carbocycles. The van der Waals surface area contributed by atoms with Crippen molar-refractivity contribution in [3.05, 3.63) is 29.5 Å². The Morgan fingerprint density at radius 3 is 3.17 bits per heavy atom. The number of nitrogens with one attached hydrogen (secondary N) is 2. The van der Waals surface area contributed by atoms with Crippen molar-refractivity contribution in [3.8, 4) is 0 Å². The first kappa shape index (κ1) is 11.7. The standard InChI is InChI=1S/C14H20N4/c1-9-4-5-12-11(8-17-18-12)13(9)14-10(7-15)3-2-6-16-14/h4-5,8,10,14,16H,2-3,6-7,15H2,1H3,(H,17,18). The summed E-state index contributed by atoms with van der Waals surface area (Å²) >= 11 is 0. The van der Waals surface area contributed by atoms with Gasteiger partial charge in [0.15, 0.2) is 0 Å². The Kier molecular flexibility index (Phi) is 3.06. The number of piperidine rings is 1. The second-order valence-electron chi connectivity index (χ2n) is 5.20. The zero-order chi connectivity index (χ0) is 12.5. The SMILES string of the molecule is Cc1ccc2[nH]ncc2c1C1NCCCC1CN. The van der Waals surface area contributed by atoms with Crippen molar-refractivity contribution in [1.82, 2.24) is 15.5 Å². The normalized spacial score (nSPS) is 24.6. The molecule has 1 fully saturated rings. The van der Waals surface area contributed by atoms with Gasteiger partial charge < -0.3 is 11.1 Å². The van der Waals surface area contributed by atoms with Gasteiger partial charge in [-0.25, -0.2) is 0 Å². The number of fused-ring (bicyclic) bond motifs is 1. The molecule has 2 unspecified atom stereocenters. The summed E-state index contributed by atoms with van der Waals surface area (Å²) in [6.07, 6.45) is 4.36. The lowest BCUT2D eigenvalue weighted by Gasteiger charge is -2.33. The van der Waals surface area contributed by atoms with E-state index >= 15 is 0 Å². The van der Waals surface area contributed by atoms with E-state index in [0.717, 1.165) is 18.6 Å². The lowest BCUT2D eigenvalue weighted by Crippen LogP contribution is -2.38. The van der Waals surface area contributed by atoms with Gasteiger partial charge in [-0.05, 0) is 56.0 Å². The van der Waals surface area contributed by atoms with E-state index in [1.54, 1.807) is 0 Å². The molecule has 4 heteroatoms. The monoisotopic (exact) mass is 244 g/mol. The Hall–Kier alpha value is -1.39. The van der Waals surface area contributed by atoms with E-state index in [1.165, 1.54) is 29.4 Å². The summed E-state index contributed by atoms with van der Waals surface area (Å²) in [5, 5.41) is 12.1. The third kappa shape index (κ3) is 1.82. The van der Waals surface area contributed by atoms with Gasteiger partial charge in [0.05, 0.1) is 11.7 Å². The van der Waals surface area contributed by atoms with Gasteiger partial charge >= 0.3 is 0 Å². The number of hydrogen-bond acceptors (Lipinski definition) is 3. The Labute approximate surface area is 107 Å². The van der Waals surface area contributed by atoms with Crippen LogP contribution in [0.15, 0.2) is 18.3 Å². The molecule has 2 heterocycles. The van der Waals surface area contributed by atoms with Gasteiger partial charge in [-0.1, -0.05) is 6.07 Å². The van der Waals surface area contributed by atoms with E-state index in [0.29, 0.717) is 12.0 Å². The van der Waals surface area contributed by atoms with E-state index < -0.39 is 0 Å². The van der Waals surface area contributed by atoms with Crippen LogP contribution in [0.25, 0.3) is 10.9 Å². The number of nitrogens with zero attached hydrogens (tertiary/aromatic N) is 1. The van der Waals surface area contributed by atoms with Gasteiger partial charge in [-0.2, -0.15) is 5.10 Å². The summed E-state index contributed by atoms with van der Waals surface area (Å²) in [4.78, 5) is 0. The van der Waals surface area contributed by atoms with Crippen molar-refractivity contribution in [2.75, 3.05) is 13.1 Å². The lowest BCUT2D eigenvalue weighted by atomic mass is 9.83. The van der Waals surface area contributed by atoms with Crippen LogP contribution in [0.2, 0.25) is 0 Å². The lowest BCUT2D eigenvalue weighted by molar-refractivity contribution is 0.292. The molecule has 18 heavy (non-hydrogen) atoms. The molecule has 3 rings (SSSR count). The number of benzene rings is 1. The predicted molar refractivity (Wildman–Crippen MR) is 73.4 cm³/mol.